The van der Waals surface area contributed by atoms with Gasteiger partial charge in [-0.25, -0.2) is 0 Å². The van der Waals surface area contributed by atoms with E-state index in [4.69, 9.17) is 9.47 Å². The van der Waals surface area contributed by atoms with E-state index in [1.165, 1.54) is 12.0 Å². The highest BCUT2D eigenvalue weighted by Gasteiger charge is 2.46. The molecule has 444 valence electrons. The number of likely N-dealkylation sites (tertiary alicyclic amines) is 1. The summed E-state index contributed by atoms with van der Waals surface area (Å²) < 4.78 is 10.4. The zero-order valence-corrected chi connectivity index (χ0v) is 46.0. The number of hydrogen-bond acceptors (Lipinski definition) is 18. The van der Waals surface area contributed by atoms with Gasteiger partial charge in [0.25, 0.3) is 0 Å². The Balaban J connectivity index is 0.918. The van der Waals surface area contributed by atoms with Gasteiger partial charge in [-0.2, -0.15) is 0 Å². The van der Waals surface area contributed by atoms with Crippen molar-refractivity contribution in [2.75, 3.05) is 104 Å². The summed E-state index contributed by atoms with van der Waals surface area (Å²) in [5.74, 6) is -6.82. The molecule has 0 bridgehead atoms. The fourth-order valence-electron chi connectivity index (χ4n) is 11.0. The third-order valence-electron chi connectivity index (χ3n) is 15.6. The highest BCUT2D eigenvalue weighted by atomic mass is 16.7. The van der Waals surface area contributed by atoms with Gasteiger partial charge in [0.05, 0.1) is 31.7 Å². The number of carboxylic acid groups (broad SMARTS) is 3. The van der Waals surface area contributed by atoms with Gasteiger partial charge in [-0.1, -0.05) is 38.5 Å². The number of cyclic esters (lactones) is 1. The van der Waals surface area contributed by atoms with Gasteiger partial charge in [0.2, 0.25) is 41.7 Å². The zero-order valence-electron chi connectivity index (χ0n) is 46.0. The number of nitrogens with one attached hydrogen (secondary N) is 6. The molecule has 0 aromatic heterocycles. The van der Waals surface area contributed by atoms with Crippen molar-refractivity contribution in [3.8, 4) is 0 Å². The maximum atomic E-state index is 14.4. The third-order valence-corrected chi connectivity index (χ3v) is 15.6. The predicted octanol–water partition coefficient (Wildman–Crippen LogP) is -2.73. The smallest absolute Gasteiger partial charge is 0.317 e. The van der Waals surface area contributed by atoms with Crippen LogP contribution in [0.3, 0.4) is 0 Å². The molecule has 5 aliphatic heterocycles. The molecule has 3 saturated heterocycles. The van der Waals surface area contributed by atoms with Crippen LogP contribution in [0.25, 0.3) is 0 Å². The lowest BCUT2D eigenvalue weighted by molar-refractivity contribution is -0.160. The zero-order chi connectivity index (χ0) is 58.0. The Hall–Kier alpha value is -6.36. The van der Waals surface area contributed by atoms with Crippen LogP contribution in [0.5, 0.6) is 0 Å². The number of amides is 6. The second-order valence-corrected chi connectivity index (χ2v) is 21.5. The van der Waals surface area contributed by atoms with E-state index >= 15 is 0 Å². The number of aliphatic hydroxyl groups excluding tert-OH is 1. The monoisotopic (exact) mass is 1130 g/mol. The van der Waals surface area contributed by atoms with Gasteiger partial charge < -0.3 is 61.4 Å². The van der Waals surface area contributed by atoms with Gasteiger partial charge in [0.1, 0.15) is 36.4 Å². The Bertz CT molecular complexity index is 2340. The first kappa shape index (κ1) is 62.8. The van der Waals surface area contributed by atoms with Crippen molar-refractivity contribution in [3.05, 3.63) is 29.3 Å². The average molecular weight is 1130 g/mol. The summed E-state index contributed by atoms with van der Waals surface area (Å²) in [6.45, 7) is 8.44. The van der Waals surface area contributed by atoms with Crippen molar-refractivity contribution < 1.29 is 77.8 Å². The van der Waals surface area contributed by atoms with E-state index in [-0.39, 0.29) is 89.5 Å². The van der Waals surface area contributed by atoms with Gasteiger partial charge in [-0.3, -0.25) is 72.9 Å². The van der Waals surface area contributed by atoms with Crippen molar-refractivity contribution in [2.45, 2.75) is 127 Å². The Morgan fingerprint density at radius 3 is 1.99 bits per heavy atom. The average Bonchev–Trinajstić information content (AvgIpc) is 4.06. The lowest BCUT2D eigenvalue weighted by Gasteiger charge is -2.35. The Kier molecular flexibility index (Phi) is 23.9. The minimum atomic E-state index is -1.18. The number of anilines is 1. The molecule has 0 aliphatic carbocycles. The van der Waals surface area contributed by atoms with Crippen LogP contribution >= 0.6 is 0 Å². The number of carbonyl (C=O) groups excluding carboxylic acids is 7. The summed E-state index contributed by atoms with van der Waals surface area (Å²) in [6.07, 6.45) is -0.0785. The molecule has 27 nitrogen and oxygen atoms in total. The first-order chi connectivity index (χ1) is 38.2. The number of benzene rings is 1. The topological polar surface area (TPSA) is 358 Å². The molecule has 0 saturated carbocycles. The maximum Gasteiger partial charge on any atom is 0.317 e. The van der Waals surface area contributed by atoms with Crippen molar-refractivity contribution in [3.63, 3.8) is 0 Å². The van der Waals surface area contributed by atoms with E-state index in [9.17, 15) is 68.4 Å². The largest absolute Gasteiger partial charge is 0.481 e. The van der Waals surface area contributed by atoms with Crippen LogP contribution < -0.4 is 36.8 Å². The summed E-state index contributed by atoms with van der Waals surface area (Å²) in [6, 6.07) is 0.610. The summed E-state index contributed by atoms with van der Waals surface area (Å²) in [5.41, 5.74) is 2.25. The number of aryl methyl sites for hydroxylation is 1. The first-order valence-electron chi connectivity index (χ1n) is 27.8. The van der Waals surface area contributed by atoms with Crippen LogP contribution in [0, 0.1) is 11.8 Å². The molecule has 5 heterocycles. The predicted molar refractivity (Wildman–Crippen MR) is 285 cm³/mol. The van der Waals surface area contributed by atoms with E-state index in [0.717, 1.165) is 30.5 Å². The summed E-state index contributed by atoms with van der Waals surface area (Å²) in [7, 11) is 1.36. The molecule has 10 N–H and O–H groups in total. The molecule has 27 heteroatoms. The lowest BCUT2D eigenvalue weighted by atomic mass is 9.96. The second kappa shape index (κ2) is 30.5. The Morgan fingerprint density at radius 1 is 0.725 bits per heavy atom. The molecule has 6 rings (SSSR count). The number of esters is 1. The van der Waals surface area contributed by atoms with Gasteiger partial charge >= 0.3 is 23.9 Å². The van der Waals surface area contributed by atoms with Gasteiger partial charge in [0, 0.05) is 91.7 Å². The molecule has 6 amide bonds. The number of ether oxygens (including phenoxy) is 2. The Morgan fingerprint density at radius 2 is 1.36 bits per heavy atom. The number of nitrogens with zero attached hydrogens (tertiary/aromatic N) is 5. The molecule has 8 atom stereocenters. The van der Waals surface area contributed by atoms with Crippen LogP contribution in [-0.2, 0) is 70.3 Å². The van der Waals surface area contributed by atoms with Crippen LogP contribution in [0.1, 0.15) is 82.8 Å². The van der Waals surface area contributed by atoms with Gasteiger partial charge in [-0.15, -0.1) is 0 Å². The number of carbonyl (C=O) groups is 10. The summed E-state index contributed by atoms with van der Waals surface area (Å²) >= 11 is 0. The van der Waals surface area contributed by atoms with E-state index in [1.807, 2.05) is 39.8 Å². The number of rotatable bonds is 28. The Labute approximate surface area is 465 Å². The number of hydrogen-bond donors (Lipinski definition) is 10. The quantitative estimate of drug-likeness (QED) is 0.0301. The highest BCUT2D eigenvalue weighted by molar-refractivity contribution is 6.08. The lowest BCUT2D eigenvalue weighted by Crippen LogP contribution is -2.59. The number of aliphatic hydroxyl groups is 1. The minimum absolute atomic E-state index is 0.0128. The molecule has 0 spiro atoms. The molecule has 0 radical (unpaired) electrons. The molecule has 80 heavy (non-hydrogen) atoms. The van der Waals surface area contributed by atoms with Crippen LogP contribution in [-0.4, -0.2) is 241 Å². The number of aliphatic carboxylic acids is 3. The first-order valence-corrected chi connectivity index (χ1v) is 27.8. The van der Waals surface area contributed by atoms with Crippen molar-refractivity contribution in [2.24, 2.45) is 11.8 Å². The number of piperidine rings is 1. The fraction of sp³-hybridized carbons (Fsp3) is 0.698. The summed E-state index contributed by atoms with van der Waals surface area (Å²) in [5, 5.41) is 55.4. The molecule has 3 fully saturated rings. The van der Waals surface area contributed by atoms with E-state index in [0.29, 0.717) is 70.9 Å². The van der Waals surface area contributed by atoms with E-state index in [1.54, 1.807) is 6.92 Å². The third kappa shape index (κ3) is 18.6. The molecular formula is C53H81N11O16. The van der Waals surface area contributed by atoms with Crippen molar-refractivity contribution >= 4 is 65.0 Å². The van der Waals surface area contributed by atoms with Crippen LogP contribution in [0.2, 0.25) is 0 Å². The van der Waals surface area contributed by atoms with E-state index in [2.05, 4.69) is 36.8 Å². The number of methoxy groups -OCH3 is 1. The number of para-hydroxylation sites is 1. The van der Waals surface area contributed by atoms with Crippen molar-refractivity contribution in [1.82, 2.24) is 51.5 Å². The van der Waals surface area contributed by atoms with Crippen molar-refractivity contribution in [1.29, 1.82) is 0 Å². The van der Waals surface area contributed by atoms with Crippen LogP contribution in [0.4, 0.5) is 5.69 Å². The molecule has 1 aromatic rings. The molecule has 5 aliphatic rings. The van der Waals surface area contributed by atoms with Crippen LogP contribution in [0.15, 0.2) is 18.2 Å². The second-order valence-electron chi connectivity index (χ2n) is 21.5. The highest BCUT2D eigenvalue weighted by Crippen LogP contribution is 2.39. The standard InChI is InChI=1S/C53H81N11O16/c1-4-32(2)47(51(77)57-37-9-8-34-6-5-7-35-26-39(64(48(34)35)52(37)78)50(76)58-38-27-46(74)80-53(38)79-3)59-41(66)13-16-54-40(65)12-17-55-49(75)36(10-11-43(68)69)56-42(67)29-60-18-14-33(15-19-60)28-61-20-22-62(30-44(70)71)24-25-63(23-21-61)31-45(72)73/h5-7,32-33,36-40,47,53-54,65H,4,8-31H2,1-3H3,(H,55,75)(H,56,67)(H,57,77)(H,58,76)(H,59,66)(H,68,69)(H,70,71)(H,72,73)/t32-,36+,37-,38?,39-,40?,47-,53?/m0/s1. The van der Waals surface area contributed by atoms with Gasteiger partial charge in [0.15, 0.2) is 0 Å². The fourth-order valence-corrected chi connectivity index (χ4v) is 11.0. The molecule has 3 unspecified atom stereocenters. The molecular weight excluding hydrogens is 1050 g/mol. The minimum Gasteiger partial charge on any atom is -0.481 e. The van der Waals surface area contributed by atoms with E-state index < -0.39 is 102 Å². The number of carboxylic acids is 3. The molecule has 1 aromatic carbocycles. The normalized spacial score (nSPS) is 22.9. The summed E-state index contributed by atoms with van der Waals surface area (Å²) in [4.78, 5) is 138. The van der Waals surface area contributed by atoms with Gasteiger partial charge in [-0.05, 0) is 68.2 Å². The maximum absolute atomic E-state index is 14.4. The SMILES string of the molecule is CC[C@H](C)[C@H](NC(=O)CCNC(O)CCNC(=O)[C@@H](CCC(=O)O)NC(=O)CN1CCC(CN2CCN(CC(=O)O)CCN(CC(=O)O)CC2)CC1)C(=O)N[C@H]1CCc2cccc3c2N(C1=O)[C@H](C(=O)NC1CC(=O)OC1OC)C3.